The number of ether oxygens (including phenoxy) is 2. The monoisotopic (exact) mass is 287 g/mol. The van der Waals surface area contributed by atoms with E-state index >= 15 is 0 Å². The average Bonchev–Trinajstić information content (AvgIpc) is 2.50. The standard InChI is InChI=1S/C16H21N3O2/c1-3-13(17)8-12-10-18-16(19-11-12)21-15-7-5-6-14(9-15)20-4-2/h5-7,9-11,13H,3-4,8,17H2,1-2H3. The normalized spacial score (nSPS) is 12.0. The molecular weight excluding hydrogens is 266 g/mol. The molecule has 2 rings (SSSR count). The van der Waals surface area contributed by atoms with Gasteiger partial charge in [0.05, 0.1) is 6.61 Å². The molecule has 0 aliphatic rings. The second-order valence-electron chi connectivity index (χ2n) is 4.76. The van der Waals surface area contributed by atoms with E-state index in [1.165, 1.54) is 0 Å². The second kappa shape index (κ2) is 7.59. The van der Waals surface area contributed by atoms with Crippen LogP contribution in [0.2, 0.25) is 0 Å². The van der Waals surface area contributed by atoms with Gasteiger partial charge in [0.1, 0.15) is 11.5 Å². The van der Waals surface area contributed by atoms with E-state index in [9.17, 15) is 0 Å². The van der Waals surface area contributed by atoms with Crippen LogP contribution in [0.4, 0.5) is 0 Å². The van der Waals surface area contributed by atoms with Gasteiger partial charge < -0.3 is 15.2 Å². The van der Waals surface area contributed by atoms with Crippen LogP contribution < -0.4 is 15.2 Å². The Balaban J connectivity index is 2.01. The minimum absolute atomic E-state index is 0.142. The van der Waals surface area contributed by atoms with Crippen molar-refractivity contribution in [2.75, 3.05) is 6.61 Å². The van der Waals surface area contributed by atoms with Crippen LogP contribution in [0.3, 0.4) is 0 Å². The molecule has 1 unspecified atom stereocenters. The summed E-state index contributed by atoms with van der Waals surface area (Å²) in [5, 5.41) is 0. The Labute approximate surface area is 125 Å². The summed E-state index contributed by atoms with van der Waals surface area (Å²) in [4.78, 5) is 8.41. The summed E-state index contributed by atoms with van der Waals surface area (Å²) >= 11 is 0. The second-order valence-corrected chi connectivity index (χ2v) is 4.76. The van der Waals surface area contributed by atoms with E-state index in [-0.39, 0.29) is 6.04 Å². The lowest BCUT2D eigenvalue weighted by atomic mass is 10.1. The van der Waals surface area contributed by atoms with E-state index in [1.807, 2.05) is 31.2 Å². The topological polar surface area (TPSA) is 70.3 Å². The van der Waals surface area contributed by atoms with Crippen LogP contribution in [0.1, 0.15) is 25.8 Å². The molecule has 0 saturated carbocycles. The number of hydrogen-bond acceptors (Lipinski definition) is 5. The maximum Gasteiger partial charge on any atom is 0.321 e. The van der Waals surface area contributed by atoms with Crippen molar-refractivity contribution in [3.05, 3.63) is 42.2 Å². The molecule has 0 saturated heterocycles. The van der Waals surface area contributed by atoms with Crippen LogP contribution >= 0.6 is 0 Å². The summed E-state index contributed by atoms with van der Waals surface area (Å²) in [7, 11) is 0. The minimum Gasteiger partial charge on any atom is -0.494 e. The SMILES string of the molecule is CCOc1cccc(Oc2ncc(CC(N)CC)cn2)c1. The molecule has 0 spiro atoms. The maximum atomic E-state index is 5.91. The van der Waals surface area contributed by atoms with Gasteiger partial charge in [-0.15, -0.1) is 0 Å². The van der Waals surface area contributed by atoms with Crippen molar-refractivity contribution >= 4 is 0 Å². The number of nitrogens with two attached hydrogens (primary N) is 1. The van der Waals surface area contributed by atoms with Crippen molar-refractivity contribution in [1.29, 1.82) is 0 Å². The van der Waals surface area contributed by atoms with Crippen LogP contribution in [0, 0.1) is 0 Å². The van der Waals surface area contributed by atoms with Gasteiger partial charge in [-0.25, -0.2) is 9.97 Å². The van der Waals surface area contributed by atoms with Crippen LogP contribution in [0.25, 0.3) is 0 Å². The van der Waals surface area contributed by atoms with Gasteiger partial charge in [0.25, 0.3) is 0 Å². The molecule has 5 heteroatoms. The van der Waals surface area contributed by atoms with E-state index in [4.69, 9.17) is 15.2 Å². The Morgan fingerprint density at radius 1 is 1.14 bits per heavy atom. The third-order valence-corrected chi connectivity index (χ3v) is 3.03. The van der Waals surface area contributed by atoms with Crippen molar-refractivity contribution in [3.63, 3.8) is 0 Å². The Morgan fingerprint density at radius 2 is 1.86 bits per heavy atom. The lowest BCUT2D eigenvalue weighted by molar-refractivity contribution is 0.337. The van der Waals surface area contributed by atoms with Crippen molar-refractivity contribution in [3.8, 4) is 17.5 Å². The molecule has 5 nitrogen and oxygen atoms in total. The van der Waals surface area contributed by atoms with E-state index in [2.05, 4.69) is 16.9 Å². The highest BCUT2D eigenvalue weighted by molar-refractivity contribution is 5.34. The number of rotatable bonds is 7. The van der Waals surface area contributed by atoms with E-state index in [0.717, 1.165) is 24.2 Å². The molecule has 0 bridgehead atoms. The Kier molecular flexibility index (Phi) is 5.51. The van der Waals surface area contributed by atoms with Gasteiger partial charge >= 0.3 is 6.01 Å². The number of aromatic nitrogens is 2. The van der Waals surface area contributed by atoms with Gasteiger partial charge in [-0.2, -0.15) is 0 Å². The highest BCUT2D eigenvalue weighted by atomic mass is 16.5. The van der Waals surface area contributed by atoms with Gasteiger partial charge in [0.2, 0.25) is 0 Å². The number of nitrogens with zero attached hydrogens (tertiary/aromatic N) is 2. The van der Waals surface area contributed by atoms with Crippen LogP contribution in [-0.2, 0) is 6.42 Å². The van der Waals surface area contributed by atoms with Crippen LogP contribution in [0.5, 0.6) is 17.5 Å². The molecule has 112 valence electrons. The van der Waals surface area contributed by atoms with Crippen molar-refractivity contribution < 1.29 is 9.47 Å². The van der Waals surface area contributed by atoms with E-state index in [1.54, 1.807) is 12.4 Å². The zero-order valence-corrected chi connectivity index (χ0v) is 12.5. The third-order valence-electron chi connectivity index (χ3n) is 3.03. The molecule has 0 amide bonds. The Hall–Kier alpha value is -2.14. The smallest absolute Gasteiger partial charge is 0.321 e. The average molecular weight is 287 g/mol. The first kappa shape index (κ1) is 15.3. The quantitative estimate of drug-likeness (QED) is 0.847. The molecule has 21 heavy (non-hydrogen) atoms. The molecule has 0 aliphatic heterocycles. The van der Waals surface area contributed by atoms with Gasteiger partial charge in [0.15, 0.2) is 0 Å². The van der Waals surface area contributed by atoms with E-state index < -0.39 is 0 Å². The fourth-order valence-electron chi connectivity index (χ4n) is 1.85. The van der Waals surface area contributed by atoms with Gasteiger partial charge in [-0.3, -0.25) is 0 Å². The number of hydrogen-bond donors (Lipinski definition) is 1. The first-order valence-corrected chi connectivity index (χ1v) is 7.18. The van der Waals surface area contributed by atoms with E-state index in [0.29, 0.717) is 18.4 Å². The molecule has 1 atom stereocenters. The van der Waals surface area contributed by atoms with Gasteiger partial charge in [-0.05, 0) is 37.5 Å². The summed E-state index contributed by atoms with van der Waals surface area (Å²) in [6.07, 6.45) is 5.22. The van der Waals surface area contributed by atoms with Crippen molar-refractivity contribution in [1.82, 2.24) is 9.97 Å². The highest BCUT2D eigenvalue weighted by Crippen LogP contribution is 2.23. The summed E-state index contributed by atoms with van der Waals surface area (Å²) < 4.78 is 11.0. The molecule has 2 N–H and O–H groups in total. The predicted molar refractivity (Wildman–Crippen MR) is 81.7 cm³/mol. The van der Waals surface area contributed by atoms with Crippen molar-refractivity contribution in [2.45, 2.75) is 32.7 Å². The molecule has 0 fully saturated rings. The Bertz CT molecular complexity index is 558. The molecule has 0 aliphatic carbocycles. The first-order chi connectivity index (χ1) is 10.2. The van der Waals surface area contributed by atoms with Gasteiger partial charge in [-0.1, -0.05) is 13.0 Å². The highest BCUT2D eigenvalue weighted by Gasteiger charge is 2.05. The summed E-state index contributed by atoms with van der Waals surface area (Å²) in [6.45, 7) is 4.62. The summed E-state index contributed by atoms with van der Waals surface area (Å²) in [6, 6.07) is 7.86. The molecule has 1 aromatic heterocycles. The van der Waals surface area contributed by atoms with Crippen molar-refractivity contribution in [2.24, 2.45) is 5.73 Å². The lowest BCUT2D eigenvalue weighted by Crippen LogP contribution is -2.21. The summed E-state index contributed by atoms with van der Waals surface area (Å²) in [5.41, 5.74) is 6.92. The fraction of sp³-hybridized carbons (Fsp3) is 0.375. The molecule has 0 radical (unpaired) electrons. The summed E-state index contributed by atoms with van der Waals surface area (Å²) in [5.74, 6) is 1.42. The lowest BCUT2D eigenvalue weighted by Gasteiger charge is -2.09. The maximum absolute atomic E-state index is 5.91. The zero-order chi connectivity index (χ0) is 15.1. The minimum atomic E-state index is 0.142. The zero-order valence-electron chi connectivity index (χ0n) is 12.5. The molecule has 1 aromatic carbocycles. The Morgan fingerprint density at radius 3 is 2.52 bits per heavy atom. The first-order valence-electron chi connectivity index (χ1n) is 7.18. The molecule has 1 heterocycles. The largest absolute Gasteiger partial charge is 0.494 e. The third kappa shape index (κ3) is 4.72. The fourth-order valence-corrected chi connectivity index (χ4v) is 1.85. The van der Waals surface area contributed by atoms with Crippen LogP contribution in [-0.4, -0.2) is 22.6 Å². The predicted octanol–water partition coefficient (Wildman–Crippen LogP) is 2.95. The molecule has 2 aromatic rings. The van der Waals surface area contributed by atoms with Crippen LogP contribution in [0.15, 0.2) is 36.7 Å². The molecular formula is C16H21N3O2. The van der Waals surface area contributed by atoms with Gasteiger partial charge in [0, 0.05) is 24.5 Å². The number of benzene rings is 1.